The van der Waals surface area contributed by atoms with Gasteiger partial charge in [-0.25, -0.2) is 9.98 Å². The first-order valence-corrected chi connectivity index (χ1v) is 14.6. The van der Waals surface area contributed by atoms with Crippen LogP contribution in [0.1, 0.15) is 71.1 Å². The minimum absolute atomic E-state index is 0.787. The molecule has 3 aliphatic heterocycles. The summed E-state index contributed by atoms with van der Waals surface area (Å²) >= 11 is 0. The average molecular weight is 528 g/mol. The Morgan fingerprint density at radius 2 is 1.30 bits per heavy atom. The molecule has 0 saturated carbocycles. The fraction of sp³-hybridized carbons (Fsp3) is 0.278. The number of aliphatic hydroxyl groups excluding tert-OH is 1. The Morgan fingerprint density at radius 1 is 0.725 bits per heavy atom. The van der Waals surface area contributed by atoms with Crippen molar-refractivity contribution >= 4 is 41.0 Å². The van der Waals surface area contributed by atoms with Crippen LogP contribution >= 0.6 is 0 Å². The van der Waals surface area contributed by atoms with Crippen LogP contribution in [-0.2, 0) is 12.8 Å². The van der Waals surface area contributed by atoms with E-state index in [4.69, 9.17) is 9.98 Å². The number of allylic oxidation sites excluding steroid dienone is 8. The van der Waals surface area contributed by atoms with E-state index in [2.05, 4.69) is 89.0 Å². The van der Waals surface area contributed by atoms with Crippen molar-refractivity contribution in [1.29, 1.82) is 0 Å². The molecule has 0 radical (unpaired) electrons. The number of hydrogen-bond acceptors (Lipinski definition) is 3. The Balaban J connectivity index is 1.73. The zero-order valence-electron chi connectivity index (χ0n) is 24.4. The molecule has 202 valence electrons. The second-order valence-electron chi connectivity index (χ2n) is 10.9. The third-order valence-electron chi connectivity index (χ3n) is 8.74. The minimum atomic E-state index is 0.787. The van der Waals surface area contributed by atoms with E-state index in [1.54, 1.807) is 0 Å². The molecule has 0 fully saturated rings. The average Bonchev–Trinajstić information content (AvgIpc) is 3.65. The number of benzene rings is 1. The Hall–Kier alpha value is -4.18. The molecule has 2 N–H and O–H groups in total. The van der Waals surface area contributed by atoms with Gasteiger partial charge in [-0.05, 0) is 131 Å². The molecule has 4 aliphatic rings. The highest BCUT2D eigenvalue weighted by atomic mass is 16.2. The van der Waals surface area contributed by atoms with Gasteiger partial charge >= 0.3 is 0 Å². The molecule has 6 rings (SSSR count). The van der Waals surface area contributed by atoms with Crippen LogP contribution in [0.15, 0.2) is 80.1 Å². The second-order valence-corrected chi connectivity index (χ2v) is 10.9. The van der Waals surface area contributed by atoms with Crippen molar-refractivity contribution in [2.75, 3.05) is 0 Å². The summed E-state index contributed by atoms with van der Waals surface area (Å²) in [4.78, 5) is 14.2. The van der Waals surface area contributed by atoms with Crippen LogP contribution in [0.3, 0.4) is 0 Å². The number of hydrogen-bond donors (Lipinski definition) is 2. The van der Waals surface area contributed by atoms with Gasteiger partial charge < -0.3 is 10.1 Å². The monoisotopic (exact) mass is 527 g/mol. The van der Waals surface area contributed by atoms with E-state index in [0.29, 0.717) is 0 Å². The molecule has 1 aliphatic carbocycles. The number of aliphatic imine (C=N–C) groups is 2. The summed E-state index contributed by atoms with van der Waals surface area (Å²) in [7, 11) is 0. The van der Waals surface area contributed by atoms with Crippen molar-refractivity contribution in [2.45, 2.75) is 67.2 Å². The molecule has 0 spiro atoms. The van der Waals surface area contributed by atoms with E-state index in [0.717, 1.165) is 86.3 Å². The number of rotatable bonds is 4. The third kappa shape index (κ3) is 4.05. The summed E-state index contributed by atoms with van der Waals surface area (Å²) in [5, 5.41) is 14.0. The fourth-order valence-corrected chi connectivity index (χ4v) is 6.61. The van der Waals surface area contributed by atoms with Crippen molar-refractivity contribution < 1.29 is 5.11 Å². The lowest BCUT2D eigenvalue weighted by molar-refractivity contribution is 0.540. The first-order valence-electron chi connectivity index (χ1n) is 14.6. The molecule has 1 aromatic carbocycles. The zero-order chi connectivity index (χ0) is 28.1. The molecular formula is C36H37N3O. The number of aromatic nitrogens is 1. The second kappa shape index (κ2) is 10.1. The van der Waals surface area contributed by atoms with Gasteiger partial charge in [0.25, 0.3) is 0 Å². The highest BCUT2D eigenvalue weighted by molar-refractivity contribution is 6.24. The minimum Gasteiger partial charge on any atom is -0.515 e. The topological polar surface area (TPSA) is 60.7 Å². The zero-order valence-corrected chi connectivity index (χ0v) is 24.4. The van der Waals surface area contributed by atoms with Gasteiger partial charge in [-0.1, -0.05) is 39.8 Å². The summed E-state index contributed by atoms with van der Waals surface area (Å²) in [6.45, 7) is 13.3. The van der Waals surface area contributed by atoms with Gasteiger partial charge in [0, 0.05) is 15.9 Å². The number of H-pyrrole nitrogens is 1. The molecule has 4 nitrogen and oxygen atoms in total. The summed E-state index contributed by atoms with van der Waals surface area (Å²) in [5.41, 5.74) is 15.2. The van der Waals surface area contributed by atoms with Gasteiger partial charge in [0.15, 0.2) is 0 Å². The van der Waals surface area contributed by atoms with E-state index >= 15 is 0 Å². The van der Waals surface area contributed by atoms with Crippen molar-refractivity contribution in [1.82, 2.24) is 4.98 Å². The Labute approximate surface area is 236 Å². The summed E-state index contributed by atoms with van der Waals surface area (Å²) in [5.74, 6) is 0. The standard InChI is InChI=1S/C36H37N3O/c1-7-25-20(5)31-15-23-14-24(30-13-22(19-40)11-12-29(23)30)16-32-21(6)26(8-2)34(38-32)18-36-28(10-4)27(9-3)35(39-36)17-33(25)37-31/h11-19,39-40H,7-10H2,1-6H3/b22-19-,31-15?,32-16?,35-17?,36-18?. The predicted molar refractivity (Wildman–Crippen MR) is 169 cm³/mol. The van der Waals surface area contributed by atoms with Gasteiger partial charge in [0.1, 0.15) is 0 Å². The normalized spacial score (nSPS) is 18.3. The van der Waals surface area contributed by atoms with Gasteiger partial charge in [0.2, 0.25) is 0 Å². The fourth-order valence-electron chi connectivity index (χ4n) is 6.61. The smallest absolute Gasteiger partial charge is 0.0864 e. The molecular weight excluding hydrogens is 490 g/mol. The SMILES string of the molecule is CCC1=C(C)C2=CC3=CC(=c4cc/c(=C/O)cc43)C=C3N=C(C=c4[nH]c(c(CC)c4CC)=CC1=N2)C(CC)=C3C. The van der Waals surface area contributed by atoms with Gasteiger partial charge in [0.05, 0.1) is 29.1 Å². The first kappa shape index (κ1) is 26.1. The predicted octanol–water partition coefficient (Wildman–Crippen LogP) is 5.39. The van der Waals surface area contributed by atoms with Gasteiger partial charge in [-0.2, -0.15) is 0 Å². The highest BCUT2D eigenvalue weighted by Gasteiger charge is 2.23. The van der Waals surface area contributed by atoms with Crippen LogP contribution in [0.5, 0.6) is 0 Å². The molecule has 8 bridgehead atoms. The first-order chi connectivity index (χ1) is 19.4. The van der Waals surface area contributed by atoms with Crippen molar-refractivity contribution in [3.05, 3.63) is 108 Å². The summed E-state index contributed by atoms with van der Waals surface area (Å²) in [6, 6.07) is 6.12. The van der Waals surface area contributed by atoms with Gasteiger partial charge in [-0.3, -0.25) is 0 Å². The number of aromatic amines is 1. The number of nitrogens with zero attached hydrogens (tertiary/aromatic N) is 2. The lowest BCUT2D eigenvalue weighted by Crippen LogP contribution is -2.16. The Kier molecular flexibility index (Phi) is 6.58. The number of fused-ring (bicyclic) bond motifs is 7. The van der Waals surface area contributed by atoms with Crippen LogP contribution in [0.2, 0.25) is 0 Å². The quantitative estimate of drug-likeness (QED) is 0.551. The van der Waals surface area contributed by atoms with Crippen molar-refractivity contribution in [3.8, 4) is 0 Å². The summed E-state index contributed by atoms with van der Waals surface area (Å²) in [6.07, 6.45) is 16.1. The van der Waals surface area contributed by atoms with Crippen LogP contribution in [-0.4, -0.2) is 21.5 Å². The maximum absolute atomic E-state index is 9.77. The lowest BCUT2D eigenvalue weighted by atomic mass is 9.99. The van der Waals surface area contributed by atoms with E-state index in [1.165, 1.54) is 39.7 Å². The number of nitrogens with one attached hydrogen (secondary N) is 1. The van der Waals surface area contributed by atoms with E-state index in [1.807, 2.05) is 6.07 Å². The van der Waals surface area contributed by atoms with Crippen LogP contribution in [0.25, 0.3) is 29.6 Å². The van der Waals surface area contributed by atoms with E-state index < -0.39 is 0 Å². The molecule has 4 heterocycles. The van der Waals surface area contributed by atoms with Crippen molar-refractivity contribution in [3.63, 3.8) is 0 Å². The van der Waals surface area contributed by atoms with E-state index in [9.17, 15) is 5.11 Å². The molecule has 4 heteroatoms. The molecule has 1 aromatic heterocycles. The maximum atomic E-state index is 9.77. The molecule has 2 aromatic rings. The Morgan fingerprint density at radius 3 is 1.82 bits per heavy atom. The Bertz CT molecular complexity index is 1950. The van der Waals surface area contributed by atoms with E-state index in [-0.39, 0.29) is 0 Å². The molecule has 0 saturated heterocycles. The van der Waals surface area contributed by atoms with Crippen LogP contribution in [0.4, 0.5) is 0 Å². The van der Waals surface area contributed by atoms with Crippen LogP contribution < -0.4 is 21.1 Å². The molecule has 0 atom stereocenters. The third-order valence-corrected chi connectivity index (χ3v) is 8.74. The molecule has 0 amide bonds. The van der Waals surface area contributed by atoms with Crippen LogP contribution in [0, 0.1) is 0 Å². The highest BCUT2D eigenvalue weighted by Crippen LogP contribution is 2.34. The number of aliphatic hydroxyl groups is 1. The maximum Gasteiger partial charge on any atom is 0.0864 e. The summed E-state index contributed by atoms with van der Waals surface area (Å²) < 4.78 is 0. The molecule has 0 unspecified atom stereocenters. The lowest BCUT2D eigenvalue weighted by Gasteiger charge is -2.03. The molecule has 40 heavy (non-hydrogen) atoms. The van der Waals surface area contributed by atoms with Gasteiger partial charge in [-0.15, -0.1) is 0 Å². The van der Waals surface area contributed by atoms with Crippen molar-refractivity contribution in [2.24, 2.45) is 9.98 Å². The largest absolute Gasteiger partial charge is 0.515 e.